The zero-order chi connectivity index (χ0) is 25.8. The van der Waals surface area contributed by atoms with Gasteiger partial charge in [0, 0.05) is 30.9 Å². The van der Waals surface area contributed by atoms with Gasteiger partial charge in [0.1, 0.15) is 5.82 Å². The molecule has 2 aliphatic heterocycles. The van der Waals surface area contributed by atoms with Crippen LogP contribution in [0.3, 0.4) is 0 Å². The van der Waals surface area contributed by atoms with Gasteiger partial charge in [-0.25, -0.2) is 4.39 Å². The molecule has 0 radical (unpaired) electrons. The first kappa shape index (κ1) is 25.5. The lowest BCUT2D eigenvalue weighted by atomic mass is 9.94. The summed E-state index contributed by atoms with van der Waals surface area (Å²) in [6, 6.07) is 12.6. The van der Waals surface area contributed by atoms with E-state index in [4.69, 9.17) is 4.74 Å². The van der Waals surface area contributed by atoms with Crippen LogP contribution >= 0.6 is 0 Å². The van der Waals surface area contributed by atoms with E-state index < -0.39 is 0 Å². The number of rotatable bonds is 7. The molecule has 4 heterocycles. The molecule has 37 heavy (non-hydrogen) atoms. The van der Waals surface area contributed by atoms with E-state index in [0.29, 0.717) is 36.8 Å². The summed E-state index contributed by atoms with van der Waals surface area (Å²) in [5, 5.41) is 0.847. The predicted molar refractivity (Wildman–Crippen MR) is 141 cm³/mol. The zero-order valence-electron chi connectivity index (χ0n) is 21.4. The first-order chi connectivity index (χ1) is 18.0. The molecular weight excluding hydrogens is 471 g/mol. The number of fused-ring (bicyclic) bond motifs is 1. The molecule has 2 saturated heterocycles. The molecule has 5 rings (SSSR count). The fraction of sp³-hybridized carbons (Fsp3) is 0.483. The molecule has 8 heteroatoms. The van der Waals surface area contributed by atoms with Crippen molar-refractivity contribution in [2.45, 2.75) is 51.7 Å². The van der Waals surface area contributed by atoms with Gasteiger partial charge in [-0.3, -0.25) is 24.4 Å². The van der Waals surface area contributed by atoms with E-state index in [0.717, 1.165) is 62.9 Å². The zero-order valence-corrected chi connectivity index (χ0v) is 21.4. The van der Waals surface area contributed by atoms with Gasteiger partial charge in [0.2, 0.25) is 0 Å². The summed E-state index contributed by atoms with van der Waals surface area (Å²) >= 11 is 0. The van der Waals surface area contributed by atoms with E-state index in [9.17, 15) is 14.0 Å². The van der Waals surface area contributed by atoms with Crippen LogP contribution in [0.25, 0.3) is 10.9 Å². The molecule has 1 atom stereocenters. The molecule has 196 valence electrons. The number of nitrogens with zero attached hydrogens (tertiary/aromatic N) is 4. The number of carbonyl (C=O) groups is 1. The van der Waals surface area contributed by atoms with E-state index >= 15 is 0 Å². The van der Waals surface area contributed by atoms with Gasteiger partial charge in [0.25, 0.3) is 5.56 Å². The number of pyridine rings is 2. The highest BCUT2D eigenvalue weighted by Gasteiger charge is 2.32. The molecule has 2 aromatic heterocycles. The van der Waals surface area contributed by atoms with Crippen molar-refractivity contribution in [1.82, 2.24) is 19.4 Å². The normalized spacial score (nSPS) is 19.8. The van der Waals surface area contributed by atoms with Crippen molar-refractivity contribution in [2.75, 3.05) is 32.8 Å². The number of hydrogen-bond donors (Lipinski definition) is 0. The Bertz CT molecular complexity index is 1290. The smallest absolute Gasteiger partial charge is 0.310 e. The fourth-order valence-electron chi connectivity index (χ4n) is 5.80. The number of likely N-dealkylation sites (tertiary alicyclic amines) is 2. The van der Waals surface area contributed by atoms with E-state index in [1.807, 2.05) is 31.2 Å². The molecule has 2 fully saturated rings. The van der Waals surface area contributed by atoms with Crippen molar-refractivity contribution in [2.24, 2.45) is 5.92 Å². The largest absolute Gasteiger partial charge is 0.466 e. The molecule has 0 spiro atoms. The number of aromatic nitrogens is 2. The highest BCUT2D eigenvalue weighted by molar-refractivity contribution is 5.79. The number of hydrogen-bond acceptors (Lipinski definition) is 6. The topological polar surface area (TPSA) is 67.7 Å². The third-order valence-electron chi connectivity index (χ3n) is 7.72. The predicted octanol–water partition coefficient (Wildman–Crippen LogP) is 3.82. The van der Waals surface area contributed by atoms with Crippen molar-refractivity contribution in [3.8, 4) is 0 Å². The average Bonchev–Trinajstić information content (AvgIpc) is 2.92. The highest BCUT2D eigenvalue weighted by Crippen LogP contribution is 2.25. The maximum atomic E-state index is 14.1. The van der Waals surface area contributed by atoms with Gasteiger partial charge in [-0.1, -0.05) is 6.07 Å². The first-order valence-electron chi connectivity index (χ1n) is 13.4. The minimum absolute atomic E-state index is 0.0215. The average molecular weight is 507 g/mol. The number of piperidine rings is 2. The lowest BCUT2D eigenvalue weighted by Crippen LogP contribution is -2.49. The Morgan fingerprint density at radius 1 is 1.08 bits per heavy atom. The van der Waals surface area contributed by atoms with Crippen molar-refractivity contribution in [3.63, 3.8) is 0 Å². The maximum absolute atomic E-state index is 14.1. The van der Waals surface area contributed by atoms with Crippen molar-refractivity contribution < 1.29 is 13.9 Å². The minimum Gasteiger partial charge on any atom is -0.466 e. The van der Waals surface area contributed by atoms with E-state index in [2.05, 4.69) is 14.8 Å². The Balaban J connectivity index is 1.29. The Hall–Kier alpha value is -3.10. The summed E-state index contributed by atoms with van der Waals surface area (Å²) in [7, 11) is 0. The molecule has 0 N–H and O–H groups in total. The molecule has 1 aromatic carbocycles. The van der Waals surface area contributed by atoms with Crippen LogP contribution in [0.4, 0.5) is 4.39 Å². The Labute approximate surface area is 216 Å². The Morgan fingerprint density at radius 3 is 2.68 bits per heavy atom. The molecule has 2 aliphatic rings. The second kappa shape index (κ2) is 11.5. The molecule has 0 bridgehead atoms. The van der Waals surface area contributed by atoms with Crippen LogP contribution in [0.1, 0.15) is 43.9 Å². The quantitative estimate of drug-likeness (QED) is 0.454. The molecule has 1 unspecified atom stereocenters. The SMILES string of the molecule is CCOC(=O)C1CCCN(C2CCN(Cc3cc4ccc(F)cc4n(Cc4ccccn4)c3=O)CC2)C1. The summed E-state index contributed by atoms with van der Waals surface area (Å²) in [5.41, 5.74) is 1.96. The number of benzene rings is 1. The van der Waals surface area contributed by atoms with Gasteiger partial charge >= 0.3 is 5.97 Å². The number of ether oxygens (including phenoxy) is 1. The molecule has 0 amide bonds. The standard InChI is InChI=1S/C29H35FN4O3/c1-2-37-29(36)22-6-5-13-33(19-22)26-10-14-32(15-11-26)18-23-16-21-8-9-24(30)17-27(21)34(28(23)35)20-25-7-3-4-12-31-25/h3-4,7-9,12,16-17,22,26H,2,5-6,10-11,13-15,18-20H2,1H3. The number of esters is 1. The maximum Gasteiger partial charge on any atom is 0.310 e. The third-order valence-corrected chi connectivity index (χ3v) is 7.72. The fourth-order valence-corrected chi connectivity index (χ4v) is 5.80. The van der Waals surface area contributed by atoms with Gasteiger partial charge < -0.3 is 9.30 Å². The Morgan fingerprint density at radius 2 is 1.92 bits per heavy atom. The first-order valence-corrected chi connectivity index (χ1v) is 13.4. The van der Waals surface area contributed by atoms with Crippen molar-refractivity contribution in [3.05, 3.63) is 76.1 Å². The number of halogens is 1. The molecule has 0 aliphatic carbocycles. The summed E-state index contributed by atoms with van der Waals surface area (Å²) in [6.07, 6.45) is 5.66. The van der Waals surface area contributed by atoms with Crippen molar-refractivity contribution in [1.29, 1.82) is 0 Å². The van der Waals surface area contributed by atoms with Crippen molar-refractivity contribution >= 4 is 16.9 Å². The molecule has 0 saturated carbocycles. The van der Waals surface area contributed by atoms with Crippen LogP contribution in [0.2, 0.25) is 0 Å². The third kappa shape index (κ3) is 5.91. The van der Waals surface area contributed by atoms with Crippen LogP contribution in [0.5, 0.6) is 0 Å². The second-order valence-corrected chi connectivity index (χ2v) is 10.2. The van der Waals surface area contributed by atoms with E-state index in [1.54, 1.807) is 16.8 Å². The van der Waals surface area contributed by atoms with Crippen LogP contribution in [0, 0.1) is 11.7 Å². The molecule has 7 nitrogen and oxygen atoms in total. The minimum atomic E-state index is -0.362. The van der Waals surface area contributed by atoms with Gasteiger partial charge in [-0.2, -0.15) is 0 Å². The number of carbonyl (C=O) groups excluding carboxylic acids is 1. The summed E-state index contributed by atoms with van der Waals surface area (Å²) < 4.78 is 21.0. The van der Waals surface area contributed by atoms with Gasteiger partial charge in [-0.05, 0) is 94.0 Å². The monoisotopic (exact) mass is 506 g/mol. The van der Waals surface area contributed by atoms with Crippen LogP contribution < -0.4 is 5.56 Å². The van der Waals surface area contributed by atoms with Crippen LogP contribution in [-0.2, 0) is 22.6 Å². The Kier molecular flexibility index (Phi) is 7.96. The van der Waals surface area contributed by atoms with Gasteiger partial charge in [-0.15, -0.1) is 0 Å². The summed E-state index contributed by atoms with van der Waals surface area (Å²) in [4.78, 5) is 35.0. The van der Waals surface area contributed by atoms with E-state index in [1.165, 1.54) is 12.1 Å². The molecule has 3 aromatic rings. The lowest BCUT2D eigenvalue weighted by Gasteiger charge is -2.41. The summed E-state index contributed by atoms with van der Waals surface area (Å²) in [6.45, 7) is 6.75. The second-order valence-electron chi connectivity index (χ2n) is 10.2. The van der Waals surface area contributed by atoms with Crippen LogP contribution in [-0.4, -0.2) is 64.1 Å². The van der Waals surface area contributed by atoms with E-state index in [-0.39, 0.29) is 23.3 Å². The van der Waals surface area contributed by atoms with Crippen LogP contribution in [0.15, 0.2) is 53.5 Å². The van der Waals surface area contributed by atoms with Gasteiger partial charge in [0.05, 0.1) is 30.3 Å². The van der Waals surface area contributed by atoms with Gasteiger partial charge in [0.15, 0.2) is 0 Å². The summed E-state index contributed by atoms with van der Waals surface area (Å²) in [5.74, 6) is -0.450. The molecular formula is C29H35FN4O3. The lowest BCUT2D eigenvalue weighted by molar-refractivity contribution is -0.150. The highest BCUT2D eigenvalue weighted by atomic mass is 19.1.